The van der Waals surface area contributed by atoms with E-state index in [-0.39, 0.29) is 35.5 Å². The SMILES string of the molecule is CCOc1ccc(N(CC(=O)N(Cc2ccc(F)cc2)[C@@H](Cc2ccccc2)C(=O)NC2CCCCC2)S(=O)(=O)c2ccc(Cl)cc2)cc1. The number of carbonyl (C=O) groups is 2. The van der Waals surface area contributed by atoms with Crippen molar-refractivity contribution in [3.05, 3.63) is 125 Å². The molecule has 0 unspecified atom stereocenters. The molecule has 0 saturated heterocycles. The zero-order chi connectivity index (χ0) is 34.8. The molecule has 0 radical (unpaired) electrons. The van der Waals surface area contributed by atoms with E-state index in [1.807, 2.05) is 37.3 Å². The molecule has 0 bridgehead atoms. The summed E-state index contributed by atoms with van der Waals surface area (Å²) in [5, 5.41) is 3.54. The van der Waals surface area contributed by atoms with Gasteiger partial charge in [-0.25, -0.2) is 12.8 Å². The fourth-order valence-corrected chi connectivity index (χ4v) is 7.56. The smallest absolute Gasteiger partial charge is 0.264 e. The molecule has 1 saturated carbocycles. The van der Waals surface area contributed by atoms with Gasteiger partial charge in [-0.1, -0.05) is 73.3 Å². The summed E-state index contributed by atoms with van der Waals surface area (Å²) >= 11 is 6.07. The van der Waals surface area contributed by atoms with Crippen LogP contribution in [0.5, 0.6) is 5.75 Å². The first-order chi connectivity index (χ1) is 23.6. The Hall–Kier alpha value is -4.41. The Bertz CT molecular complexity index is 1780. The highest BCUT2D eigenvalue weighted by Gasteiger charge is 2.35. The first kappa shape index (κ1) is 35.9. The summed E-state index contributed by atoms with van der Waals surface area (Å²) in [4.78, 5) is 30.2. The number of rotatable bonds is 14. The second-order valence-electron chi connectivity index (χ2n) is 12.1. The molecule has 0 aromatic heterocycles. The lowest BCUT2D eigenvalue weighted by Crippen LogP contribution is -2.55. The first-order valence-electron chi connectivity index (χ1n) is 16.5. The van der Waals surface area contributed by atoms with Crippen LogP contribution in [0.25, 0.3) is 0 Å². The summed E-state index contributed by atoms with van der Waals surface area (Å²) in [6.45, 7) is 1.61. The van der Waals surface area contributed by atoms with Gasteiger partial charge in [0, 0.05) is 24.0 Å². The summed E-state index contributed by atoms with van der Waals surface area (Å²) in [6, 6.07) is 26.2. The molecule has 4 aromatic rings. The number of benzene rings is 4. The topological polar surface area (TPSA) is 96.0 Å². The molecule has 1 aliphatic rings. The Labute approximate surface area is 292 Å². The van der Waals surface area contributed by atoms with Gasteiger partial charge in [0.05, 0.1) is 17.2 Å². The lowest BCUT2D eigenvalue weighted by Gasteiger charge is -2.35. The average molecular weight is 706 g/mol. The van der Waals surface area contributed by atoms with Gasteiger partial charge in [-0.05, 0) is 91.6 Å². The van der Waals surface area contributed by atoms with Crippen molar-refractivity contribution < 1.29 is 27.1 Å². The van der Waals surface area contributed by atoms with Crippen LogP contribution in [-0.4, -0.2) is 50.4 Å². The summed E-state index contributed by atoms with van der Waals surface area (Å²) in [5.74, 6) is -0.815. The second kappa shape index (κ2) is 16.8. The van der Waals surface area contributed by atoms with E-state index in [2.05, 4.69) is 5.32 Å². The number of hydrogen-bond acceptors (Lipinski definition) is 5. The third kappa shape index (κ3) is 9.61. The highest BCUT2D eigenvalue weighted by Crippen LogP contribution is 2.28. The van der Waals surface area contributed by atoms with Crippen LogP contribution in [0.4, 0.5) is 10.1 Å². The van der Waals surface area contributed by atoms with Crippen molar-refractivity contribution in [1.82, 2.24) is 10.2 Å². The van der Waals surface area contributed by atoms with E-state index >= 15 is 0 Å². The number of nitrogens with one attached hydrogen (secondary N) is 1. The molecular formula is C38H41ClFN3O5S. The quantitative estimate of drug-likeness (QED) is 0.150. The lowest BCUT2D eigenvalue weighted by atomic mass is 9.94. The number of hydrogen-bond donors (Lipinski definition) is 1. The maximum Gasteiger partial charge on any atom is 0.264 e. The fourth-order valence-electron chi connectivity index (χ4n) is 6.02. The Morgan fingerprint density at radius 1 is 0.878 bits per heavy atom. The van der Waals surface area contributed by atoms with E-state index in [4.69, 9.17) is 16.3 Å². The predicted molar refractivity (Wildman–Crippen MR) is 189 cm³/mol. The van der Waals surface area contributed by atoms with E-state index < -0.39 is 34.3 Å². The van der Waals surface area contributed by atoms with E-state index in [0.717, 1.165) is 42.0 Å². The van der Waals surface area contributed by atoms with Crippen molar-refractivity contribution in [3.8, 4) is 5.75 Å². The molecule has 258 valence electrons. The van der Waals surface area contributed by atoms with Gasteiger partial charge >= 0.3 is 0 Å². The molecular weight excluding hydrogens is 665 g/mol. The fraction of sp³-hybridized carbons (Fsp3) is 0.316. The Kier molecular flexibility index (Phi) is 12.3. The Balaban J connectivity index is 1.56. The Morgan fingerprint density at radius 2 is 1.53 bits per heavy atom. The van der Waals surface area contributed by atoms with Crippen molar-refractivity contribution in [3.63, 3.8) is 0 Å². The predicted octanol–water partition coefficient (Wildman–Crippen LogP) is 7.16. The van der Waals surface area contributed by atoms with Gasteiger partial charge in [0.2, 0.25) is 11.8 Å². The molecule has 1 N–H and O–H groups in total. The number of halogens is 2. The molecule has 2 amide bonds. The highest BCUT2D eigenvalue weighted by atomic mass is 35.5. The normalized spacial score (nSPS) is 14.1. The maximum absolute atomic E-state index is 14.6. The van der Waals surface area contributed by atoms with Gasteiger partial charge in [0.1, 0.15) is 24.2 Å². The molecule has 1 fully saturated rings. The largest absolute Gasteiger partial charge is 0.494 e. The van der Waals surface area contributed by atoms with Crippen LogP contribution in [0.1, 0.15) is 50.2 Å². The van der Waals surface area contributed by atoms with Gasteiger partial charge in [0.15, 0.2) is 0 Å². The van der Waals surface area contributed by atoms with E-state index in [9.17, 15) is 22.4 Å². The highest BCUT2D eigenvalue weighted by molar-refractivity contribution is 7.92. The van der Waals surface area contributed by atoms with Gasteiger partial charge in [-0.15, -0.1) is 0 Å². The van der Waals surface area contributed by atoms with Crippen molar-refractivity contribution >= 4 is 39.1 Å². The summed E-state index contributed by atoms with van der Waals surface area (Å²) in [7, 11) is -4.29. The third-order valence-corrected chi connectivity index (χ3v) is 10.6. The van der Waals surface area contributed by atoms with Crippen molar-refractivity contribution in [1.29, 1.82) is 0 Å². The molecule has 49 heavy (non-hydrogen) atoms. The number of amides is 2. The minimum absolute atomic E-state index is 0.0204. The first-order valence-corrected chi connectivity index (χ1v) is 18.3. The van der Waals surface area contributed by atoms with Crippen molar-refractivity contribution in [2.24, 2.45) is 0 Å². The second-order valence-corrected chi connectivity index (χ2v) is 14.4. The molecule has 0 heterocycles. The Morgan fingerprint density at radius 3 is 2.16 bits per heavy atom. The number of carbonyl (C=O) groups excluding carboxylic acids is 2. The van der Waals surface area contributed by atoms with E-state index in [1.54, 1.807) is 36.4 Å². The van der Waals surface area contributed by atoms with Crippen molar-refractivity contribution in [2.75, 3.05) is 17.5 Å². The van der Waals surface area contributed by atoms with Crippen molar-refractivity contribution in [2.45, 2.75) is 69.0 Å². The molecule has 5 rings (SSSR count). The third-order valence-electron chi connectivity index (χ3n) is 8.61. The minimum Gasteiger partial charge on any atom is -0.494 e. The lowest BCUT2D eigenvalue weighted by molar-refractivity contribution is -0.140. The summed E-state index contributed by atoms with van der Waals surface area (Å²) < 4.78 is 49.0. The van der Waals surface area contributed by atoms with Gasteiger partial charge < -0.3 is 15.0 Å². The van der Waals surface area contributed by atoms with Crippen LogP contribution in [0.3, 0.4) is 0 Å². The van der Waals surface area contributed by atoms with Crippen LogP contribution in [-0.2, 0) is 32.6 Å². The molecule has 1 aliphatic carbocycles. The monoisotopic (exact) mass is 705 g/mol. The number of nitrogens with zero attached hydrogens (tertiary/aromatic N) is 2. The summed E-state index contributed by atoms with van der Waals surface area (Å²) in [5.41, 5.74) is 1.66. The maximum atomic E-state index is 14.6. The molecule has 0 aliphatic heterocycles. The van der Waals surface area contributed by atoms with Crippen LogP contribution in [0.2, 0.25) is 5.02 Å². The van der Waals surface area contributed by atoms with Crippen LogP contribution >= 0.6 is 11.6 Å². The van der Waals surface area contributed by atoms with Gasteiger partial charge in [-0.3, -0.25) is 13.9 Å². The molecule has 0 spiro atoms. The van der Waals surface area contributed by atoms with E-state index in [1.165, 1.54) is 41.3 Å². The molecule has 1 atom stereocenters. The zero-order valence-electron chi connectivity index (χ0n) is 27.4. The molecule has 11 heteroatoms. The van der Waals surface area contributed by atoms with E-state index in [0.29, 0.717) is 22.9 Å². The van der Waals surface area contributed by atoms with Crippen LogP contribution in [0.15, 0.2) is 108 Å². The standard InChI is InChI=1S/C38H41ClFN3O5S/c1-2-48-34-21-19-33(20-22-34)43(49(46,47)35-23-15-30(39)16-24-35)27-37(44)42(26-29-13-17-31(40)18-14-29)36(25-28-9-5-3-6-10-28)38(45)41-32-11-7-4-8-12-32/h3,5-6,9-10,13-24,32,36H,2,4,7-8,11-12,25-27H2,1H3,(H,41,45)/t36-/m0/s1. The molecule has 8 nitrogen and oxygen atoms in total. The van der Waals surface area contributed by atoms with Crippen LogP contribution < -0.4 is 14.4 Å². The molecule has 4 aromatic carbocycles. The summed E-state index contributed by atoms with van der Waals surface area (Å²) in [6.07, 6.45) is 5.01. The number of sulfonamides is 1. The number of anilines is 1. The van der Waals surface area contributed by atoms with Gasteiger partial charge in [0.25, 0.3) is 10.0 Å². The number of ether oxygens (including phenoxy) is 1. The average Bonchev–Trinajstić information content (AvgIpc) is 3.11. The zero-order valence-corrected chi connectivity index (χ0v) is 29.0. The van der Waals surface area contributed by atoms with Gasteiger partial charge in [-0.2, -0.15) is 0 Å². The minimum atomic E-state index is -4.29. The van der Waals surface area contributed by atoms with Crippen LogP contribution in [0, 0.1) is 5.82 Å².